The summed E-state index contributed by atoms with van der Waals surface area (Å²) >= 11 is 12.7. The maximum atomic E-state index is 13.0. The number of halogens is 4. The molecule has 0 bridgehead atoms. The summed E-state index contributed by atoms with van der Waals surface area (Å²) in [6, 6.07) is 10.0. The van der Waals surface area contributed by atoms with E-state index in [4.69, 9.17) is 17.3 Å². The van der Waals surface area contributed by atoms with Gasteiger partial charge in [-0.3, -0.25) is 0 Å². The molecule has 1 atom stereocenters. The van der Waals surface area contributed by atoms with Crippen LogP contribution in [0.5, 0.6) is 0 Å². The van der Waals surface area contributed by atoms with Crippen LogP contribution < -0.4 is 5.73 Å². The van der Waals surface area contributed by atoms with Crippen LogP contribution in [0.3, 0.4) is 0 Å². The van der Waals surface area contributed by atoms with Gasteiger partial charge in [0.15, 0.2) is 0 Å². The molecule has 0 heterocycles. The minimum Gasteiger partial charge on any atom is -0.324 e. The van der Waals surface area contributed by atoms with Gasteiger partial charge in [-0.1, -0.05) is 49.5 Å². The standard InChI is InChI=1S/C14H11Br2ClFN/c15-10-3-9(4-11(17)6-10)14(19)5-8-1-2-12(18)7-13(8)16/h1-4,6-7,14H,5,19H2. The summed E-state index contributed by atoms with van der Waals surface area (Å²) in [5, 5.41) is 0.637. The number of hydrogen-bond donors (Lipinski definition) is 1. The second-order valence-electron chi connectivity index (χ2n) is 4.25. The lowest BCUT2D eigenvalue weighted by Crippen LogP contribution is -2.13. The predicted octanol–water partition coefficient (Wildman–Crippen LogP) is 5.25. The summed E-state index contributed by atoms with van der Waals surface area (Å²) in [5.41, 5.74) is 8.08. The average Bonchev–Trinajstić information content (AvgIpc) is 2.31. The van der Waals surface area contributed by atoms with Crippen molar-refractivity contribution in [3.63, 3.8) is 0 Å². The molecule has 0 aromatic heterocycles. The SMILES string of the molecule is NC(Cc1ccc(F)cc1Br)c1cc(Cl)cc(Br)c1. The smallest absolute Gasteiger partial charge is 0.124 e. The van der Waals surface area contributed by atoms with Gasteiger partial charge in [0.25, 0.3) is 0 Å². The van der Waals surface area contributed by atoms with Crippen molar-refractivity contribution in [3.05, 3.63) is 67.3 Å². The van der Waals surface area contributed by atoms with Gasteiger partial charge in [-0.05, 0) is 47.9 Å². The molecule has 1 unspecified atom stereocenters. The summed E-state index contributed by atoms with van der Waals surface area (Å²) in [7, 11) is 0. The monoisotopic (exact) mass is 405 g/mol. The van der Waals surface area contributed by atoms with Crippen LogP contribution in [-0.2, 0) is 6.42 Å². The molecule has 0 spiro atoms. The van der Waals surface area contributed by atoms with Crippen molar-refractivity contribution in [1.29, 1.82) is 0 Å². The highest BCUT2D eigenvalue weighted by Gasteiger charge is 2.11. The average molecular weight is 408 g/mol. The van der Waals surface area contributed by atoms with Crippen LogP contribution in [0.15, 0.2) is 45.3 Å². The van der Waals surface area contributed by atoms with Gasteiger partial charge in [0.1, 0.15) is 5.82 Å². The Balaban J connectivity index is 2.22. The maximum absolute atomic E-state index is 13.0. The second kappa shape index (κ2) is 6.35. The van der Waals surface area contributed by atoms with E-state index in [1.54, 1.807) is 6.07 Å². The van der Waals surface area contributed by atoms with Crippen LogP contribution >= 0.6 is 43.5 Å². The molecule has 0 aliphatic heterocycles. The lowest BCUT2D eigenvalue weighted by Gasteiger charge is -2.14. The van der Waals surface area contributed by atoms with Crippen LogP contribution in [-0.4, -0.2) is 0 Å². The molecule has 0 aliphatic carbocycles. The molecular formula is C14H11Br2ClFN. The highest BCUT2D eigenvalue weighted by Crippen LogP contribution is 2.27. The highest BCUT2D eigenvalue weighted by molar-refractivity contribution is 9.10. The van der Waals surface area contributed by atoms with Gasteiger partial charge >= 0.3 is 0 Å². The van der Waals surface area contributed by atoms with E-state index in [0.29, 0.717) is 11.4 Å². The Morgan fingerprint density at radius 3 is 2.53 bits per heavy atom. The summed E-state index contributed by atoms with van der Waals surface area (Å²) in [6.45, 7) is 0. The van der Waals surface area contributed by atoms with Crippen molar-refractivity contribution < 1.29 is 4.39 Å². The first-order valence-corrected chi connectivity index (χ1v) is 7.57. The molecule has 0 saturated heterocycles. The zero-order valence-corrected chi connectivity index (χ0v) is 13.8. The van der Waals surface area contributed by atoms with Crippen molar-refractivity contribution in [1.82, 2.24) is 0 Å². The predicted molar refractivity (Wildman–Crippen MR) is 83.9 cm³/mol. The number of rotatable bonds is 3. The largest absolute Gasteiger partial charge is 0.324 e. The van der Waals surface area contributed by atoms with E-state index < -0.39 is 0 Å². The third-order valence-electron chi connectivity index (χ3n) is 2.77. The molecule has 0 aliphatic rings. The number of nitrogens with two attached hydrogens (primary N) is 1. The minimum atomic E-state index is -0.269. The van der Waals surface area contributed by atoms with Gasteiger partial charge in [-0.25, -0.2) is 4.39 Å². The van der Waals surface area contributed by atoms with Gasteiger partial charge < -0.3 is 5.73 Å². The van der Waals surface area contributed by atoms with Crippen molar-refractivity contribution in [2.75, 3.05) is 0 Å². The van der Waals surface area contributed by atoms with Crippen molar-refractivity contribution in [2.45, 2.75) is 12.5 Å². The molecule has 100 valence electrons. The van der Waals surface area contributed by atoms with Gasteiger partial charge in [0.05, 0.1) is 0 Å². The fourth-order valence-electron chi connectivity index (χ4n) is 1.83. The molecule has 0 amide bonds. The maximum Gasteiger partial charge on any atom is 0.124 e. The molecule has 1 nitrogen and oxygen atoms in total. The Kier molecular flexibility index (Phi) is 5.01. The van der Waals surface area contributed by atoms with Crippen molar-refractivity contribution in [3.8, 4) is 0 Å². The molecule has 0 radical (unpaired) electrons. The van der Waals surface area contributed by atoms with Gasteiger partial charge in [-0.15, -0.1) is 0 Å². The third-order valence-corrected chi connectivity index (χ3v) is 4.18. The molecule has 2 aromatic carbocycles. The molecule has 2 aromatic rings. The van der Waals surface area contributed by atoms with Gasteiger partial charge in [0.2, 0.25) is 0 Å². The van der Waals surface area contributed by atoms with E-state index >= 15 is 0 Å². The van der Waals surface area contributed by atoms with Crippen LogP contribution in [0.1, 0.15) is 17.2 Å². The topological polar surface area (TPSA) is 26.0 Å². The third kappa shape index (κ3) is 4.02. The highest BCUT2D eigenvalue weighted by atomic mass is 79.9. The van der Waals surface area contributed by atoms with Crippen LogP contribution in [0.4, 0.5) is 4.39 Å². The molecule has 2 rings (SSSR count). The Morgan fingerprint density at radius 2 is 1.89 bits per heavy atom. The minimum absolute atomic E-state index is 0.197. The molecular weight excluding hydrogens is 396 g/mol. The van der Waals surface area contributed by atoms with Crippen LogP contribution in [0.2, 0.25) is 5.02 Å². The fraction of sp³-hybridized carbons (Fsp3) is 0.143. The van der Waals surface area contributed by atoms with E-state index in [0.717, 1.165) is 20.1 Å². The zero-order chi connectivity index (χ0) is 14.0. The molecule has 5 heteroatoms. The number of hydrogen-bond acceptors (Lipinski definition) is 1. The Morgan fingerprint density at radius 1 is 1.16 bits per heavy atom. The lowest BCUT2D eigenvalue weighted by molar-refractivity contribution is 0.624. The molecule has 19 heavy (non-hydrogen) atoms. The summed E-state index contributed by atoms with van der Waals surface area (Å²) in [6.07, 6.45) is 0.605. The summed E-state index contributed by atoms with van der Waals surface area (Å²) in [4.78, 5) is 0. The number of benzene rings is 2. The van der Waals surface area contributed by atoms with E-state index in [2.05, 4.69) is 31.9 Å². The van der Waals surface area contributed by atoms with Crippen LogP contribution in [0.25, 0.3) is 0 Å². The first-order valence-electron chi connectivity index (χ1n) is 5.61. The first-order chi connectivity index (χ1) is 8.95. The van der Waals surface area contributed by atoms with Gasteiger partial charge in [-0.2, -0.15) is 0 Å². The second-order valence-corrected chi connectivity index (χ2v) is 6.46. The van der Waals surface area contributed by atoms with E-state index in [9.17, 15) is 4.39 Å². The molecule has 0 fully saturated rings. The molecule has 0 saturated carbocycles. The van der Waals surface area contributed by atoms with Crippen molar-refractivity contribution in [2.24, 2.45) is 5.73 Å². The lowest BCUT2D eigenvalue weighted by atomic mass is 10.00. The normalized spacial score (nSPS) is 12.5. The van der Waals surface area contributed by atoms with E-state index in [-0.39, 0.29) is 11.9 Å². The van der Waals surface area contributed by atoms with Gasteiger partial charge in [0, 0.05) is 20.0 Å². The first kappa shape index (κ1) is 15.0. The summed E-state index contributed by atoms with van der Waals surface area (Å²) in [5.74, 6) is -0.269. The molecule has 2 N–H and O–H groups in total. The Labute approximate surface area is 133 Å². The quantitative estimate of drug-likeness (QED) is 0.739. The van der Waals surface area contributed by atoms with Crippen molar-refractivity contribution >= 4 is 43.5 Å². The Bertz CT molecular complexity index is 584. The van der Waals surface area contributed by atoms with E-state index in [1.165, 1.54) is 12.1 Å². The fourth-order valence-corrected chi connectivity index (χ4v) is 3.23. The van der Waals surface area contributed by atoms with E-state index in [1.807, 2.05) is 18.2 Å². The van der Waals surface area contributed by atoms with Crippen LogP contribution in [0, 0.1) is 5.82 Å². The summed E-state index contributed by atoms with van der Waals surface area (Å²) < 4.78 is 14.6. The Hall–Kier alpha value is -0.420. The zero-order valence-electron chi connectivity index (χ0n) is 9.84.